The molecule has 180 valence electrons. The van der Waals surface area contributed by atoms with Crippen LogP contribution >= 0.6 is 0 Å². The van der Waals surface area contributed by atoms with Crippen LogP contribution in [0.15, 0.2) is 96.5 Å². The van der Waals surface area contributed by atoms with Crippen LogP contribution in [0.1, 0.15) is 27.4 Å². The number of rotatable bonds is 10. The number of hydrogen-bond acceptors (Lipinski definition) is 4. The average Bonchev–Trinajstić information content (AvgIpc) is 3.32. The van der Waals surface area contributed by atoms with Crippen molar-refractivity contribution in [3.8, 4) is 5.75 Å². The van der Waals surface area contributed by atoms with Crippen LogP contribution < -0.4 is 14.8 Å². The highest BCUT2D eigenvalue weighted by atomic mass is 32.2. The van der Waals surface area contributed by atoms with Gasteiger partial charge in [0.1, 0.15) is 5.75 Å². The first-order valence-electron chi connectivity index (χ1n) is 11.1. The summed E-state index contributed by atoms with van der Waals surface area (Å²) in [5, 5.41) is 4.06. The van der Waals surface area contributed by atoms with E-state index in [1.807, 2.05) is 54.7 Å². The van der Waals surface area contributed by atoms with Gasteiger partial charge in [0.2, 0.25) is 10.0 Å². The first kappa shape index (κ1) is 24.3. The first-order valence-corrected chi connectivity index (χ1v) is 12.6. The molecule has 0 aliphatic rings. The van der Waals surface area contributed by atoms with E-state index < -0.39 is 10.0 Å². The number of hydrogen-bond donors (Lipinski definition) is 3. The van der Waals surface area contributed by atoms with Crippen LogP contribution in [0, 0.1) is 0 Å². The van der Waals surface area contributed by atoms with E-state index in [1.165, 1.54) is 18.2 Å². The minimum Gasteiger partial charge on any atom is -0.497 e. The Balaban J connectivity index is 1.60. The topological polar surface area (TPSA) is 100 Å². The third kappa shape index (κ3) is 5.45. The van der Waals surface area contributed by atoms with E-state index in [4.69, 9.17) is 4.74 Å². The second-order valence-electron chi connectivity index (χ2n) is 7.99. The van der Waals surface area contributed by atoms with Crippen molar-refractivity contribution < 1.29 is 17.9 Å². The van der Waals surface area contributed by atoms with Crippen molar-refractivity contribution >= 4 is 26.8 Å². The molecular formula is C27H27N3O4S. The molecule has 0 spiro atoms. The molecule has 1 heterocycles. The van der Waals surface area contributed by atoms with Gasteiger partial charge in [0.15, 0.2) is 0 Å². The van der Waals surface area contributed by atoms with E-state index >= 15 is 0 Å². The highest BCUT2D eigenvalue weighted by molar-refractivity contribution is 7.89. The van der Waals surface area contributed by atoms with E-state index in [-0.39, 0.29) is 28.8 Å². The molecule has 4 aromatic rings. The summed E-state index contributed by atoms with van der Waals surface area (Å²) in [4.78, 5) is 16.4. The molecular weight excluding hydrogens is 462 g/mol. The van der Waals surface area contributed by atoms with Crippen molar-refractivity contribution in [3.63, 3.8) is 0 Å². The van der Waals surface area contributed by atoms with Gasteiger partial charge in [0.05, 0.1) is 12.0 Å². The standard InChI is InChI=1S/C27H27N3O4S/c1-3-15-30-35(32,33)22-8-6-7-20(16-22)27(31)29-17-24(19-11-13-21(34-2)14-12-19)25-18-28-26-10-5-4-9-23(25)26/h3-14,16,18,24,28,30H,1,15,17H2,2H3,(H,29,31)/t24-/m1/s1. The Labute approximate surface area is 204 Å². The van der Waals surface area contributed by atoms with Gasteiger partial charge in [-0.15, -0.1) is 6.58 Å². The van der Waals surface area contributed by atoms with Gasteiger partial charge in [0, 0.05) is 41.7 Å². The molecule has 0 saturated heterocycles. The maximum Gasteiger partial charge on any atom is 0.251 e. The molecule has 0 aliphatic heterocycles. The number of methoxy groups -OCH3 is 1. The SMILES string of the molecule is C=CCNS(=O)(=O)c1cccc(C(=O)NC[C@H](c2ccc(OC)cc2)c2c[nH]c3ccccc23)c1. The fraction of sp³-hybridized carbons (Fsp3) is 0.148. The molecule has 1 atom stereocenters. The predicted octanol–water partition coefficient (Wildman–Crippen LogP) is 4.20. The highest BCUT2D eigenvalue weighted by Gasteiger charge is 2.21. The Kier molecular flexibility index (Phi) is 7.33. The number of amides is 1. The molecule has 3 aromatic carbocycles. The molecule has 8 heteroatoms. The van der Waals surface area contributed by atoms with Crippen LogP contribution in [-0.4, -0.2) is 39.5 Å². The maximum atomic E-state index is 13.0. The summed E-state index contributed by atoms with van der Waals surface area (Å²) in [5.41, 5.74) is 3.34. The van der Waals surface area contributed by atoms with Crippen LogP contribution in [0.5, 0.6) is 5.75 Å². The van der Waals surface area contributed by atoms with Gasteiger partial charge < -0.3 is 15.0 Å². The normalized spacial score (nSPS) is 12.3. The van der Waals surface area contributed by atoms with Crippen molar-refractivity contribution in [2.75, 3.05) is 20.2 Å². The Bertz CT molecular complexity index is 1440. The fourth-order valence-corrected chi connectivity index (χ4v) is 5.02. The van der Waals surface area contributed by atoms with Crippen molar-refractivity contribution in [1.29, 1.82) is 0 Å². The number of carbonyl (C=O) groups is 1. The summed E-state index contributed by atoms with van der Waals surface area (Å²) in [6.45, 7) is 3.94. The maximum absolute atomic E-state index is 13.0. The second-order valence-corrected chi connectivity index (χ2v) is 9.76. The summed E-state index contributed by atoms with van der Waals surface area (Å²) in [5.74, 6) is 0.254. The number of sulfonamides is 1. The lowest BCUT2D eigenvalue weighted by Crippen LogP contribution is -2.29. The zero-order valence-corrected chi connectivity index (χ0v) is 20.1. The van der Waals surface area contributed by atoms with Crippen LogP contribution in [-0.2, 0) is 10.0 Å². The van der Waals surface area contributed by atoms with Gasteiger partial charge in [-0.2, -0.15) is 0 Å². The molecule has 0 unspecified atom stereocenters. The Morgan fingerprint density at radius 3 is 2.60 bits per heavy atom. The second kappa shape index (κ2) is 10.6. The number of benzene rings is 3. The van der Waals surface area contributed by atoms with E-state index in [0.717, 1.165) is 27.8 Å². The number of aromatic amines is 1. The molecule has 0 aliphatic carbocycles. The molecule has 1 aromatic heterocycles. The van der Waals surface area contributed by atoms with Crippen LogP contribution in [0.4, 0.5) is 0 Å². The summed E-state index contributed by atoms with van der Waals surface area (Å²) in [6, 6.07) is 21.7. The lowest BCUT2D eigenvalue weighted by atomic mass is 9.90. The number of para-hydroxylation sites is 1. The van der Waals surface area contributed by atoms with Gasteiger partial charge in [0.25, 0.3) is 5.91 Å². The van der Waals surface area contributed by atoms with Crippen LogP contribution in [0.25, 0.3) is 10.9 Å². The Morgan fingerprint density at radius 1 is 1.09 bits per heavy atom. The number of ether oxygens (including phenoxy) is 1. The summed E-state index contributed by atoms with van der Waals surface area (Å²) >= 11 is 0. The Hall–Kier alpha value is -3.88. The van der Waals surface area contributed by atoms with Gasteiger partial charge in [-0.25, -0.2) is 13.1 Å². The lowest BCUT2D eigenvalue weighted by Gasteiger charge is -2.19. The van der Waals surface area contributed by atoms with Crippen LogP contribution in [0.3, 0.4) is 0 Å². The van der Waals surface area contributed by atoms with Gasteiger partial charge in [-0.1, -0.05) is 42.5 Å². The molecule has 7 nitrogen and oxygen atoms in total. The number of aromatic nitrogens is 1. The quantitative estimate of drug-likeness (QED) is 0.291. The summed E-state index contributed by atoms with van der Waals surface area (Å²) < 4.78 is 32.6. The van der Waals surface area contributed by atoms with Crippen molar-refractivity contribution in [1.82, 2.24) is 15.0 Å². The average molecular weight is 490 g/mol. The fourth-order valence-electron chi connectivity index (χ4n) is 3.98. The van der Waals surface area contributed by atoms with Crippen molar-refractivity contribution in [2.24, 2.45) is 0 Å². The monoisotopic (exact) mass is 489 g/mol. The molecule has 0 bridgehead atoms. The van der Waals surface area contributed by atoms with Gasteiger partial charge >= 0.3 is 0 Å². The molecule has 4 rings (SSSR count). The van der Waals surface area contributed by atoms with Crippen molar-refractivity contribution in [3.05, 3.63) is 108 Å². The summed E-state index contributed by atoms with van der Waals surface area (Å²) in [7, 11) is -2.12. The minimum absolute atomic E-state index is 0.0235. The van der Waals surface area contributed by atoms with E-state index in [9.17, 15) is 13.2 Å². The number of nitrogens with one attached hydrogen (secondary N) is 3. The molecule has 35 heavy (non-hydrogen) atoms. The van der Waals surface area contributed by atoms with Crippen LogP contribution in [0.2, 0.25) is 0 Å². The molecule has 0 saturated carbocycles. The van der Waals surface area contributed by atoms with Gasteiger partial charge in [-0.3, -0.25) is 4.79 Å². The molecule has 3 N–H and O–H groups in total. The molecule has 1 amide bonds. The minimum atomic E-state index is -3.74. The first-order chi connectivity index (χ1) is 16.9. The zero-order valence-electron chi connectivity index (χ0n) is 19.3. The number of H-pyrrole nitrogens is 1. The third-order valence-corrected chi connectivity index (χ3v) is 7.23. The lowest BCUT2D eigenvalue weighted by molar-refractivity contribution is 0.0952. The molecule has 0 radical (unpaired) electrons. The van der Waals surface area contributed by atoms with E-state index in [1.54, 1.807) is 19.2 Å². The predicted molar refractivity (Wildman–Crippen MR) is 137 cm³/mol. The zero-order chi connectivity index (χ0) is 24.8. The Morgan fingerprint density at radius 2 is 1.86 bits per heavy atom. The van der Waals surface area contributed by atoms with E-state index in [2.05, 4.69) is 21.6 Å². The number of fused-ring (bicyclic) bond motifs is 1. The number of carbonyl (C=O) groups excluding carboxylic acids is 1. The smallest absolute Gasteiger partial charge is 0.251 e. The van der Waals surface area contributed by atoms with E-state index in [0.29, 0.717) is 6.54 Å². The van der Waals surface area contributed by atoms with Crippen molar-refractivity contribution in [2.45, 2.75) is 10.8 Å². The molecule has 0 fully saturated rings. The highest BCUT2D eigenvalue weighted by Crippen LogP contribution is 2.31. The largest absolute Gasteiger partial charge is 0.497 e. The van der Waals surface area contributed by atoms with Gasteiger partial charge in [-0.05, 0) is 47.5 Å². The third-order valence-electron chi connectivity index (χ3n) is 5.81. The summed E-state index contributed by atoms with van der Waals surface area (Å²) in [6.07, 6.45) is 3.42.